The summed E-state index contributed by atoms with van der Waals surface area (Å²) in [6.45, 7) is 0.191. The molecule has 4 heteroatoms. The number of nitrogens with zero attached hydrogens (tertiary/aromatic N) is 2. The van der Waals surface area contributed by atoms with E-state index < -0.39 is 0 Å². The Balaban J connectivity index is 1.68. The van der Waals surface area contributed by atoms with Crippen molar-refractivity contribution in [1.82, 2.24) is 4.57 Å². The molecule has 0 unspecified atom stereocenters. The predicted octanol–water partition coefficient (Wildman–Crippen LogP) is 5.34. The van der Waals surface area contributed by atoms with Gasteiger partial charge < -0.3 is 9.88 Å². The van der Waals surface area contributed by atoms with Crippen LogP contribution in [0.5, 0.6) is 0 Å². The van der Waals surface area contributed by atoms with Gasteiger partial charge in [0.25, 0.3) is 0 Å². The molecule has 140 valence electrons. The molecule has 0 aliphatic rings. The standard InChI is InChI=1S/C25H19N3O/c26-16-20(19-9-3-1-4-10-19)15-21-17-28(24-14-8-7-13-23(21)24)18-25(29)27-22-11-5-2-6-12-22/h1-15,17H,18H2,(H,27,29)/b20-15-. The summed E-state index contributed by atoms with van der Waals surface area (Å²) in [5.74, 6) is -0.101. The topological polar surface area (TPSA) is 57.8 Å². The monoisotopic (exact) mass is 377 g/mol. The minimum atomic E-state index is -0.101. The van der Waals surface area contributed by atoms with Crippen LogP contribution in [0.15, 0.2) is 91.1 Å². The number of allylic oxidation sites excluding steroid dienone is 1. The molecule has 1 amide bonds. The summed E-state index contributed by atoms with van der Waals surface area (Å²) in [6, 6.07) is 29.2. The van der Waals surface area contributed by atoms with Crippen LogP contribution in [0, 0.1) is 11.3 Å². The number of hydrogen-bond donors (Lipinski definition) is 1. The average Bonchev–Trinajstić information content (AvgIpc) is 3.10. The van der Waals surface area contributed by atoms with Gasteiger partial charge in [-0.15, -0.1) is 0 Å². The van der Waals surface area contributed by atoms with Crippen molar-refractivity contribution >= 4 is 34.1 Å². The summed E-state index contributed by atoms with van der Waals surface area (Å²) < 4.78 is 1.92. The van der Waals surface area contributed by atoms with Gasteiger partial charge in [0.1, 0.15) is 6.54 Å². The van der Waals surface area contributed by atoms with E-state index in [2.05, 4.69) is 11.4 Å². The Hall–Kier alpha value is -4.10. The molecule has 0 saturated carbocycles. The van der Waals surface area contributed by atoms with Gasteiger partial charge in [0.15, 0.2) is 0 Å². The molecule has 1 heterocycles. The number of amides is 1. The highest BCUT2D eigenvalue weighted by molar-refractivity contribution is 5.99. The Labute approximate surface area is 169 Å². The first-order valence-electron chi connectivity index (χ1n) is 9.34. The molecule has 1 aromatic heterocycles. The summed E-state index contributed by atoms with van der Waals surface area (Å²) in [7, 11) is 0. The molecule has 4 nitrogen and oxygen atoms in total. The molecule has 0 bridgehead atoms. The van der Waals surface area contributed by atoms with Crippen molar-refractivity contribution in [3.8, 4) is 6.07 Å². The Morgan fingerprint density at radius 2 is 1.59 bits per heavy atom. The quantitative estimate of drug-likeness (QED) is 0.477. The third-order valence-electron chi connectivity index (χ3n) is 4.70. The number of benzene rings is 3. The Kier molecular flexibility index (Phi) is 5.22. The van der Waals surface area contributed by atoms with Crippen molar-refractivity contribution in [3.63, 3.8) is 0 Å². The van der Waals surface area contributed by atoms with E-state index in [-0.39, 0.29) is 12.5 Å². The van der Waals surface area contributed by atoms with E-state index in [0.717, 1.165) is 27.7 Å². The summed E-state index contributed by atoms with van der Waals surface area (Å²) in [5.41, 5.74) is 4.08. The highest BCUT2D eigenvalue weighted by Gasteiger charge is 2.11. The van der Waals surface area contributed by atoms with Crippen molar-refractivity contribution in [1.29, 1.82) is 5.26 Å². The maximum Gasteiger partial charge on any atom is 0.244 e. The fourth-order valence-corrected chi connectivity index (χ4v) is 3.35. The van der Waals surface area contributed by atoms with Gasteiger partial charge in [0.2, 0.25) is 5.91 Å². The fourth-order valence-electron chi connectivity index (χ4n) is 3.35. The van der Waals surface area contributed by atoms with Gasteiger partial charge in [-0.1, -0.05) is 66.7 Å². The normalized spacial score (nSPS) is 11.2. The number of nitriles is 1. The first kappa shape index (κ1) is 18.3. The maximum atomic E-state index is 12.5. The number of aromatic nitrogens is 1. The molecule has 29 heavy (non-hydrogen) atoms. The lowest BCUT2D eigenvalue weighted by atomic mass is 10.0. The van der Waals surface area contributed by atoms with Crippen LogP contribution in [0.25, 0.3) is 22.6 Å². The number of anilines is 1. The van der Waals surface area contributed by atoms with Gasteiger partial charge in [0.05, 0.1) is 11.6 Å². The largest absolute Gasteiger partial charge is 0.337 e. The zero-order valence-electron chi connectivity index (χ0n) is 15.7. The number of fused-ring (bicyclic) bond motifs is 1. The van der Waals surface area contributed by atoms with Gasteiger partial charge in [-0.3, -0.25) is 4.79 Å². The van der Waals surface area contributed by atoms with E-state index in [4.69, 9.17) is 0 Å². The third kappa shape index (κ3) is 4.10. The molecule has 0 aliphatic heterocycles. The molecule has 4 rings (SSSR count). The minimum Gasteiger partial charge on any atom is -0.337 e. The fraction of sp³-hybridized carbons (Fsp3) is 0.0400. The second kappa shape index (κ2) is 8.28. The number of nitrogens with one attached hydrogen (secondary N) is 1. The molecular formula is C25H19N3O. The number of hydrogen-bond acceptors (Lipinski definition) is 2. The molecule has 0 saturated heterocycles. The van der Waals surface area contributed by atoms with E-state index in [1.54, 1.807) is 0 Å². The van der Waals surface area contributed by atoms with Crippen molar-refractivity contribution < 1.29 is 4.79 Å². The van der Waals surface area contributed by atoms with Crippen molar-refractivity contribution in [3.05, 3.63) is 102 Å². The molecule has 0 spiro atoms. The van der Waals surface area contributed by atoms with Crippen LogP contribution >= 0.6 is 0 Å². The second-order valence-corrected chi connectivity index (χ2v) is 6.68. The molecular weight excluding hydrogens is 358 g/mol. The van der Waals surface area contributed by atoms with Crippen LogP contribution in [0.1, 0.15) is 11.1 Å². The van der Waals surface area contributed by atoms with Gasteiger partial charge in [0, 0.05) is 28.4 Å². The maximum absolute atomic E-state index is 12.5. The van der Waals surface area contributed by atoms with Gasteiger partial charge in [-0.25, -0.2) is 0 Å². The summed E-state index contributed by atoms with van der Waals surface area (Å²) in [5, 5.41) is 13.6. The summed E-state index contributed by atoms with van der Waals surface area (Å²) in [4.78, 5) is 12.5. The smallest absolute Gasteiger partial charge is 0.244 e. The van der Waals surface area contributed by atoms with Crippen LogP contribution in [0.2, 0.25) is 0 Å². The molecule has 0 atom stereocenters. The Bertz CT molecular complexity index is 1220. The van der Waals surface area contributed by atoms with Crippen molar-refractivity contribution in [2.45, 2.75) is 6.54 Å². The second-order valence-electron chi connectivity index (χ2n) is 6.68. The van der Waals surface area contributed by atoms with Gasteiger partial charge in [-0.05, 0) is 29.8 Å². The van der Waals surface area contributed by atoms with Crippen LogP contribution in [0.4, 0.5) is 5.69 Å². The highest BCUT2D eigenvalue weighted by Crippen LogP contribution is 2.26. The van der Waals surface area contributed by atoms with Crippen molar-refractivity contribution in [2.24, 2.45) is 0 Å². The van der Waals surface area contributed by atoms with Crippen LogP contribution in [-0.2, 0) is 11.3 Å². The number of rotatable bonds is 5. The van der Waals surface area contributed by atoms with E-state index >= 15 is 0 Å². The first-order chi connectivity index (χ1) is 14.2. The molecule has 0 fully saturated rings. The lowest BCUT2D eigenvalue weighted by Crippen LogP contribution is -2.18. The highest BCUT2D eigenvalue weighted by atomic mass is 16.1. The summed E-state index contributed by atoms with van der Waals surface area (Å²) >= 11 is 0. The predicted molar refractivity (Wildman–Crippen MR) is 117 cm³/mol. The van der Waals surface area contributed by atoms with Crippen LogP contribution < -0.4 is 5.32 Å². The van der Waals surface area contributed by atoms with Crippen LogP contribution in [0.3, 0.4) is 0 Å². The zero-order chi connectivity index (χ0) is 20.1. The van der Waals surface area contributed by atoms with E-state index in [1.165, 1.54) is 0 Å². The molecule has 1 N–H and O–H groups in total. The Morgan fingerprint density at radius 1 is 0.931 bits per heavy atom. The molecule has 0 aliphatic carbocycles. The Morgan fingerprint density at radius 3 is 2.31 bits per heavy atom. The lowest BCUT2D eigenvalue weighted by Gasteiger charge is -2.07. The van der Waals surface area contributed by atoms with Gasteiger partial charge in [-0.2, -0.15) is 5.26 Å². The van der Waals surface area contributed by atoms with Crippen molar-refractivity contribution in [2.75, 3.05) is 5.32 Å². The number of carbonyl (C=O) groups excluding carboxylic acids is 1. The summed E-state index contributed by atoms with van der Waals surface area (Å²) in [6.07, 6.45) is 3.80. The van der Waals surface area contributed by atoms with Crippen LogP contribution in [-0.4, -0.2) is 10.5 Å². The lowest BCUT2D eigenvalue weighted by molar-refractivity contribution is -0.116. The van der Waals surface area contributed by atoms with E-state index in [1.807, 2.05) is 102 Å². The minimum absolute atomic E-state index is 0.101. The molecule has 4 aromatic rings. The zero-order valence-corrected chi connectivity index (χ0v) is 15.7. The average molecular weight is 377 g/mol. The first-order valence-corrected chi connectivity index (χ1v) is 9.34. The molecule has 0 radical (unpaired) electrons. The third-order valence-corrected chi connectivity index (χ3v) is 4.70. The van der Waals surface area contributed by atoms with E-state index in [9.17, 15) is 10.1 Å². The number of carbonyl (C=O) groups is 1. The number of para-hydroxylation sites is 2. The SMILES string of the molecule is N#C/C(=C/c1cn(CC(=O)Nc2ccccc2)c2ccccc12)c1ccccc1. The molecule has 3 aromatic carbocycles. The van der Waals surface area contributed by atoms with E-state index in [0.29, 0.717) is 5.57 Å². The van der Waals surface area contributed by atoms with Gasteiger partial charge >= 0.3 is 0 Å².